The van der Waals surface area contributed by atoms with Crippen LogP contribution in [0.4, 0.5) is 0 Å². The summed E-state index contributed by atoms with van der Waals surface area (Å²) < 4.78 is 0. The van der Waals surface area contributed by atoms with Crippen molar-refractivity contribution in [2.24, 2.45) is 17.6 Å². The van der Waals surface area contributed by atoms with Gasteiger partial charge in [-0.3, -0.25) is 15.3 Å². The Morgan fingerprint density at radius 3 is 2.89 bits per heavy atom. The van der Waals surface area contributed by atoms with Crippen LogP contribution in [0.25, 0.3) is 0 Å². The predicted octanol–water partition coefficient (Wildman–Crippen LogP) is 2.23. The summed E-state index contributed by atoms with van der Waals surface area (Å²) in [5.74, 6) is 1.49. The van der Waals surface area contributed by atoms with E-state index in [4.69, 9.17) is 11.1 Å². The van der Waals surface area contributed by atoms with Crippen molar-refractivity contribution in [3.05, 3.63) is 29.6 Å². The zero-order chi connectivity index (χ0) is 14.0. The number of hydrogen-bond donors (Lipinski definition) is 2. The van der Waals surface area contributed by atoms with E-state index >= 15 is 0 Å². The summed E-state index contributed by atoms with van der Waals surface area (Å²) in [5.41, 5.74) is 7.30. The van der Waals surface area contributed by atoms with E-state index in [9.17, 15) is 0 Å². The Hall–Kier alpha value is -1.42. The molecule has 1 aromatic heterocycles. The number of nitrogens with one attached hydrogen (secondary N) is 1. The first-order chi connectivity index (χ1) is 8.99. The number of nitrogen functional groups attached to an aromatic ring is 1. The van der Waals surface area contributed by atoms with Crippen LogP contribution in [-0.4, -0.2) is 28.3 Å². The van der Waals surface area contributed by atoms with Gasteiger partial charge < -0.3 is 5.73 Å². The number of nitrogens with zero attached hydrogens (tertiary/aromatic N) is 2. The van der Waals surface area contributed by atoms with Crippen LogP contribution in [0.3, 0.4) is 0 Å². The van der Waals surface area contributed by atoms with Gasteiger partial charge in [0.25, 0.3) is 0 Å². The third-order valence-corrected chi connectivity index (χ3v) is 4.24. The van der Waals surface area contributed by atoms with Crippen molar-refractivity contribution < 1.29 is 0 Å². The highest BCUT2D eigenvalue weighted by atomic mass is 15.2. The maximum atomic E-state index is 7.62. The van der Waals surface area contributed by atoms with Crippen molar-refractivity contribution in [2.45, 2.75) is 39.8 Å². The topological polar surface area (TPSA) is 66.0 Å². The lowest BCUT2D eigenvalue weighted by molar-refractivity contribution is 0.0728. The Morgan fingerprint density at radius 1 is 1.47 bits per heavy atom. The van der Waals surface area contributed by atoms with Gasteiger partial charge in [-0.15, -0.1) is 0 Å². The summed E-state index contributed by atoms with van der Waals surface area (Å²) in [6.07, 6.45) is 3.00. The summed E-state index contributed by atoms with van der Waals surface area (Å²) >= 11 is 0. The van der Waals surface area contributed by atoms with Crippen LogP contribution in [0, 0.1) is 17.2 Å². The lowest BCUT2D eigenvalue weighted by Gasteiger charge is -2.41. The van der Waals surface area contributed by atoms with E-state index < -0.39 is 0 Å². The van der Waals surface area contributed by atoms with Crippen LogP contribution < -0.4 is 5.73 Å². The molecule has 0 aromatic carbocycles. The molecule has 4 heteroatoms. The minimum absolute atomic E-state index is 0.0568. The molecular weight excluding hydrogens is 236 g/mol. The van der Waals surface area contributed by atoms with Gasteiger partial charge in [0.05, 0.1) is 0 Å². The number of piperidine rings is 1. The van der Waals surface area contributed by atoms with Crippen LogP contribution in [0.5, 0.6) is 0 Å². The minimum Gasteiger partial charge on any atom is -0.382 e. The van der Waals surface area contributed by atoms with E-state index in [-0.39, 0.29) is 5.84 Å². The maximum absolute atomic E-state index is 7.62. The third-order valence-electron chi connectivity index (χ3n) is 4.24. The number of nitrogens with two attached hydrogens (primary N) is 1. The molecule has 0 aliphatic carbocycles. The highest BCUT2D eigenvalue weighted by molar-refractivity contribution is 5.94. The Kier molecular flexibility index (Phi) is 4.20. The van der Waals surface area contributed by atoms with Gasteiger partial charge in [0.2, 0.25) is 0 Å². The molecule has 2 rings (SSSR count). The number of pyridine rings is 1. The molecule has 0 radical (unpaired) electrons. The van der Waals surface area contributed by atoms with Crippen LogP contribution >= 0.6 is 0 Å². The number of aromatic nitrogens is 1. The minimum atomic E-state index is 0.0568. The number of likely N-dealkylation sites (tertiary alicyclic amines) is 1. The average molecular weight is 260 g/mol. The molecule has 0 saturated carbocycles. The fraction of sp³-hybridized carbons (Fsp3) is 0.600. The molecule has 1 fully saturated rings. The first-order valence-corrected chi connectivity index (χ1v) is 7.01. The molecular formula is C15H24N4. The van der Waals surface area contributed by atoms with Gasteiger partial charge in [-0.2, -0.15) is 0 Å². The van der Waals surface area contributed by atoms with E-state index in [1.807, 2.05) is 12.1 Å². The summed E-state index contributed by atoms with van der Waals surface area (Å²) in [6, 6.07) is 4.51. The number of rotatable bonds is 3. The first kappa shape index (κ1) is 14.0. The average Bonchev–Trinajstić information content (AvgIpc) is 2.35. The van der Waals surface area contributed by atoms with Gasteiger partial charge in [0, 0.05) is 25.3 Å². The van der Waals surface area contributed by atoms with Gasteiger partial charge in [0.15, 0.2) is 0 Å². The van der Waals surface area contributed by atoms with E-state index in [0.717, 1.165) is 24.6 Å². The highest BCUT2D eigenvalue weighted by Crippen LogP contribution is 2.28. The molecule has 1 aromatic rings. The van der Waals surface area contributed by atoms with Gasteiger partial charge in [0.1, 0.15) is 11.5 Å². The van der Waals surface area contributed by atoms with Gasteiger partial charge in [-0.1, -0.05) is 19.9 Å². The molecule has 0 bridgehead atoms. The van der Waals surface area contributed by atoms with Crippen molar-refractivity contribution in [3.8, 4) is 0 Å². The summed E-state index contributed by atoms with van der Waals surface area (Å²) in [6.45, 7) is 8.86. The second-order valence-electron chi connectivity index (χ2n) is 5.91. The van der Waals surface area contributed by atoms with Gasteiger partial charge in [-0.25, -0.2) is 0 Å². The van der Waals surface area contributed by atoms with Crippen LogP contribution in [-0.2, 0) is 6.54 Å². The fourth-order valence-electron chi connectivity index (χ4n) is 3.07. The molecule has 4 nitrogen and oxygen atoms in total. The van der Waals surface area contributed by atoms with Crippen molar-refractivity contribution in [2.75, 3.05) is 6.54 Å². The van der Waals surface area contributed by atoms with Crippen LogP contribution in [0.15, 0.2) is 18.3 Å². The lowest BCUT2D eigenvalue weighted by atomic mass is 9.85. The second kappa shape index (κ2) is 5.70. The second-order valence-corrected chi connectivity index (χ2v) is 5.91. The smallest absolute Gasteiger partial charge is 0.142 e. The van der Waals surface area contributed by atoms with Crippen molar-refractivity contribution in [1.82, 2.24) is 9.88 Å². The normalized spacial score (nSPS) is 28.3. The van der Waals surface area contributed by atoms with Gasteiger partial charge in [-0.05, 0) is 36.8 Å². The van der Waals surface area contributed by atoms with Crippen LogP contribution in [0.1, 0.15) is 38.4 Å². The fourth-order valence-corrected chi connectivity index (χ4v) is 3.07. The van der Waals surface area contributed by atoms with Crippen molar-refractivity contribution in [3.63, 3.8) is 0 Å². The van der Waals surface area contributed by atoms with Gasteiger partial charge >= 0.3 is 0 Å². The Balaban J connectivity index is 2.18. The molecule has 1 aliphatic heterocycles. The quantitative estimate of drug-likeness (QED) is 0.647. The number of hydrogen-bond acceptors (Lipinski definition) is 3. The SMILES string of the molecule is CC1CC(C)C(C)N(Cc2cccnc2C(=N)N)C1. The molecule has 19 heavy (non-hydrogen) atoms. The zero-order valence-corrected chi connectivity index (χ0v) is 12.1. The molecule has 0 amide bonds. The monoisotopic (exact) mass is 260 g/mol. The predicted molar refractivity (Wildman–Crippen MR) is 78.1 cm³/mol. The molecule has 0 spiro atoms. The molecule has 3 unspecified atom stereocenters. The Bertz CT molecular complexity index is 457. The first-order valence-electron chi connectivity index (χ1n) is 7.01. The molecule has 3 atom stereocenters. The largest absolute Gasteiger partial charge is 0.382 e. The summed E-state index contributed by atoms with van der Waals surface area (Å²) in [5, 5.41) is 7.62. The zero-order valence-electron chi connectivity index (χ0n) is 12.1. The van der Waals surface area contributed by atoms with E-state index in [1.54, 1.807) is 6.20 Å². The van der Waals surface area contributed by atoms with E-state index in [2.05, 4.69) is 30.7 Å². The molecule has 1 aliphatic rings. The lowest BCUT2D eigenvalue weighted by Crippen LogP contribution is -2.45. The van der Waals surface area contributed by atoms with E-state index in [1.165, 1.54) is 6.42 Å². The van der Waals surface area contributed by atoms with Crippen LogP contribution in [0.2, 0.25) is 0 Å². The highest BCUT2D eigenvalue weighted by Gasteiger charge is 2.29. The Morgan fingerprint density at radius 2 is 2.21 bits per heavy atom. The standard InChI is InChI=1S/C15H24N4/c1-10-7-11(2)12(3)19(8-10)9-13-5-4-6-18-14(13)15(16)17/h4-6,10-12H,7-9H2,1-3H3,(H3,16,17). The molecule has 1 saturated heterocycles. The summed E-state index contributed by atoms with van der Waals surface area (Å²) in [4.78, 5) is 6.72. The third kappa shape index (κ3) is 3.13. The van der Waals surface area contributed by atoms with Crippen molar-refractivity contribution in [1.29, 1.82) is 5.41 Å². The van der Waals surface area contributed by atoms with E-state index in [0.29, 0.717) is 17.7 Å². The maximum Gasteiger partial charge on any atom is 0.142 e. The summed E-state index contributed by atoms with van der Waals surface area (Å²) in [7, 11) is 0. The molecule has 104 valence electrons. The molecule has 3 N–H and O–H groups in total. The molecule has 2 heterocycles. The number of amidine groups is 1. The van der Waals surface area contributed by atoms with Crippen molar-refractivity contribution >= 4 is 5.84 Å². The Labute approximate surface area is 115 Å².